The molecule has 10 heavy (non-hydrogen) atoms. The topological polar surface area (TPSA) is 0 Å². The van der Waals surface area contributed by atoms with Gasteiger partial charge < -0.3 is 19.3 Å². The zero-order valence-corrected chi connectivity index (χ0v) is 9.75. The first-order valence-corrected chi connectivity index (χ1v) is 3.25. The van der Waals surface area contributed by atoms with Crippen molar-refractivity contribution in [3.63, 3.8) is 0 Å². The molecule has 58 valence electrons. The van der Waals surface area contributed by atoms with Gasteiger partial charge in [0.1, 0.15) is 0 Å². The van der Waals surface area contributed by atoms with Crippen LogP contribution in [0.5, 0.6) is 0 Å². The molecule has 0 spiro atoms. The maximum absolute atomic E-state index is 3.92. The second kappa shape index (κ2) is 6.75. The SMILES string of the molecule is [CH2-]C(C)CC(C)(C)C.[Cl-].[Mg+2]. The molecule has 0 aliphatic carbocycles. The minimum atomic E-state index is 0. The Kier molecular flexibility index (Phi) is 11.6. The van der Waals surface area contributed by atoms with Crippen molar-refractivity contribution in [3.8, 4) is 0 Å². The number of rotatable bonds is 1. The minimum Gasteiger partial charge on any atom is -1.00 e. The van der Waals surface area contributed by atoms with Gasteiger partial charge >= 0.3 is 23.1 Å². The van der Waals surface area contributed by atoms with Gasteiger partial charge in [0.2, 0.25) is 0 Å². The van der Waals surface area contributed by atoms with Crippen LogP contribution in [0.1, 0.15) is 34.1 Å². The summed E-state index contributed by atoms with van der Waals surface area (Å²) in [5.74, 6) is 0.593. The Hall–Kier alpha value is 1.06. The molecular weight excluding hydrogens is 156 g/mol. The standard InChI is InChI=1S/C8H17.ClH.Mg/c1-7(2)6-8(3,4)5;;/h7H,1,6H2,2-5H3;1H;/q-1;;+2/p-1. The average molecular weight is 173 g/mol. The average Bonchev–Trinajstić information content (AvgIpc) is 1.21. The van der Waals surface area contributed by atoms with Gasteiger partial charge in [-0.25, -0.2) is 0 Å². The third-order valence-corrected chi connectivity index (χ3v) is 0.961. The normalized spacial score (nSPS) is 12.9. The van der Waals surface area contributed by atoms with Gasteiger partial charge in [-0.05, 0) is 5.41 Å². The van der Waals surface area contributed by atoms with Crippen LogP contribution < -0.4 is 12.4 Å². The summed E-state index contributed by atoms with van der Waals surface area (Å²) in [4.78, 5) is 0. The molecule has 1 atom stereocenters. The number of hydrogen-bond acceptors (Lipinski definition) is 0. The van der Waals surface area contributed by atoms with E-state index < -0.39 is 0 Å². The predicted molar refractivity (Wildman–Crippen MR) is 44.3 cm³/mol. The van der Waals surface area contributed by atoms with Crippen LogP contribution in [-0.4, -0.2) is 23.1 Å². The van der Waals surface area contributed by atoms with E-state index in [-0.39, 0.29) is 35.5 Å². The van der Waals surface area contributed by atoms with Gasteiger partial charge in [0.05, 0.1) is 0 Å². The first kappa shape index (κ1) is 17.2. The molecule has 2 heteroatoms. The fraction of sp³-hybridized carbons (Fsp3) is 0.875. The zero-order valence-electron chi connectivity index (χ0n) is 7.58. The first-order chi connectivity index (χ1) is 3.42. The summed E-state index contributed by atoms with van der Waals surface area (Å²) < 4.78 is 0. The van der Waals surface area contributed by atoms with Gasteiger partial charge in [-0.1, -0.05) is 34.1 Å². The third-order valence-electron chi connectivity index (χ3n) is 0.961. The molecule has 0 aromatic rings. The molecule has 0 aromatic carbocycles. The quantitative estimate of drug-likeness (QED) is 0.371. The molecule has 0 aliphatic heterocycles. The molecule has 0 aromatic heterocycles. The second-order valence-electron chi connectivity index (χ2n) is 3.87. The van der Waals surface area contributed by atoms with E-state index in [9.17, 15) is 0 Å². The molecule has 1 unspecified atom stereocenters. The Morgan fingerprint density at radius 1 is 1.30 bits per heavy atom. The fourth-order valence-corrected chi connectivity index (χ4v) is 1.05. The van der Waals surface area contributed by atoms with Crippen molar-refractivity contribution in [2.45, 2.75) is 34.1 Å². The largest absolute Gasteiger partial charge is 2.00 e. The maximum Gasteiger partial charge on any atom is 2.00 e. The molecule has 0 radical (unpaired) electrons. The van der Waals surface area contributed by atoms with E-state index in [1.54, 1.807) is 0 Å². The summed E-state index contributed by atoms with van der Waals surface area (Å²) in [5.41, 5.74) is 0.459. The predicted octanol–water partition coefficient (Wildman–Crippen LogP) is -0.484. The van der Waals surface area contributed by atoms with E-state index in [2.05, 4.69) is 34.6 Å². The van der Waals surface area contributed by atoms with E-state index >= 15 is 0 Å². The Morgan fingerprint density at radius 3 is 1.60 bits per heavy atom. The number of hydrogen-bond donors (Lipinski definition) is 0. The van der Waals surface area contributed by atoms with Crippen LogP contribution in [0.15, 0.2) is 0 Å². The summed E-state index contributed by atoms with van der Waals surface area (Å²) in [7, 11) is 0. The summed E-state index contributed by atoms with van der Waals surface area (Å²) in [6, 6.07) is 0. The van der Waals surface area contributed by atoms with Crippen molar-refractivity contribution in [3.05, 3.63) is 6.92 Å². The monoisotopic (exact) mass is 172 g/mol. The summed E-state index contributed by atoms with van der Waals surface area (Å²) >= 11 is 0. The van der Waals surface area contributed by atoms with Gasteiger partial charge in [-0.2, -0.15) is 5.92 Å². The van der Waals surface area contributed by atoms with Crippen LogP contribution in [0.2, 0.25) is 0 Å². The first-order valence-electron chi connectivity index (χ1n) is 3.25. The van der Waals surface area contributed by atoms with E-state index in [0.29, 0.717) is 11.3 Å². The van der Waals surface area contributed by atoms with E-state index in [1.165, 1.54) is 6.42 Å². The van der Waals surface area contributed by atoms with Crippen LogP contribution in [0.3, 0.4) is 0 Å². The minimum absolute atomic E-state index is 0. The van der Waals surface area contributed by atoms with Crippen molar-refractivity contribution in [2.24, 2.45) is 11.3 Å². The Morgan fingerprint density at radius 2 is 1.60 bits per heavy atom. The summed E-state index contributed by atoms with van der Waals surface area (Å²) in [5, 5.41) is 0. The summed E-state index contributed by atoms with van der Waals surface area (Å²) in [6.07, 6.45) is 1.22. The van der Waals surface area contributed by atoms with Gasteiger partial charge in [0, 0.05) is 0 Å². The Labute approximate surface area is 87.7 Å². The molecule has 0 fully saturated rings. The van der Waals surface area contributed by atoms with Crippen LogP contribution >= 0.6 is 0 Å². The molecule has 0 rings (SSSR count). The molecule has 0 amide bonds. The molecule has 0 bridgehead atoms. The third kappa shape index (κ3) is 16.0. The molecule has 0 N–H and O–H groups in total. The van der Waals surface area contributed by atoms with Crippen molar-refractivity contribution in [1.29, 1.82) is 0 Å². The Bertz CT molecular complexity index is 64.1. The van der Waals surface area contributed by atoms with E-state index in [1.807, 2.05) is 0 Å². The van der Waals surface area contributed by atoms with Crippen molar-refractivity contribution in [2.75, 3.05) is 0 Å². The maximum atomic E-state index is 3.92. The molecular formula is C8H17ClMg. The van der Waals surface area contributed by atoms with E-state index in [0.717, 1.165) is 0 Å². The van der Waals surface area contributed by atoms with Crippen molar-refractivity contribution >= 4 is 23.1 Å². The van der Waals surface area contributed by atoms with Crippen molar-refractivity contribution in [1.82, 2.24) is 0 Å². The van der Waals surface area contributed by atoms with Gasteiger partial charge in [-0.3, -0.25) is 0 Å². The molecule has 0 nitrogen and oxygen atoms in total. The van der Waals surface area contributed by atoms with Crippen LogP contribution in [0, 0.1) is 18.3 Å². The molecule has 0 aliphatic rings. The van der Waals surface area contributed by atoms with Gasteiger partial charge in [0.25, 0.3) is 0 Å². The second-order valence-corrected chi connectivity index (χ2v) is 3.87. The summed E-state index contributed by atoms with van der Waals surface area (Å²) in [6.45, 7) is 12.8. The smallest absolute Gasteiger partial charge is 1.00 e. The van der Waals surface area contributed by atoms with Crippen molar-refractivity contribution < 1.29 is 12.4 Å². The van der Waals surface area contributed by atoms with E-state index in [4.69, 9.17) is 0 Å². The van der Waals surface area contributed by atoms with Crippen LogP contribution in [-0.2, 0) is 0 Å². The molecule has 0 saturated carbocycles. The zero-order chi connectivity index (χ0) is 6.78. The molecule has 0 saturated heterocycles. The number of halogens is 1. The van der Waals surface area contributed by atoms with Gasteiger partial charge in [-0.15, -0.1) is 0 Å². The van der Waals surface area contributed by atoms with Gasteiger partial charge in [0.15, 0.2) is 0 Å². The van der Waals surface area contributed by atoms with Crippen LogP contribution in [0.4, 0.5) is 0 Å². The fourth-order valence-electron chi connectivity index (χ4n) is 1.05. The molecule has 0 heterocycles. The van der Waals surface area contributed by atoms with Crippen LogP contribution in [0.25, 0.3) is 0 Å². The Balaban J connectivity index is -0.000000245.